The van der Waals surface area contributed by atoms with Crippen LogP contribution < -0.4 is 0 Å². The fourth-order valence-corrected chi connectivity index (χ4v) is 1.45. The van der Waals surface area contributed by atoms with E-state index in [9.17, 15) is 0 Å². The summed E-state index contributed by atoms with van der Waals surface area (Å²) in [6, 6.07) is 0. The van der Waals surface area contributed by atoms with Gasteiger partial charge in [0.25, 0.3) is 0 Å². The summed E-state index contributed by atoms with van der Waals surface area (Å²) in [5.74, 6) is 0.791. The standard InChI is InChI=1S/C9H21O3P/c1-9(2)7-5-3-4-6-8-12-13(10)11/h9-11H,3-8H2,1-2H3. The van der Waals surface area contributed by atoms with E-state index in [0.29, 0.717) is 6.61 Å². The molecule has 3 nitrogen and oxygen atoms in total. The maximum absolute atomic E-state index is 8.43. The van der Waals surface area contributed by atoms with E-state index in [-0.39, 0.29) is 0 Å². The highest BCUT2D eigenvalue weighted by Crippen LogP contribution is 2.24. The molecule has 0 heterocycles. The minimum atomic E-state index is -2.14. The molecule has 0 aliphatic carbocycles. The topological polar surface area (TPSA) is 49.7 Å². The number of unbranched alkanes of at least 4 members (excludes halogenated alkanes) is 3. The van der Waals surface area contributed by atoms with Crippen molar-refractivity contribution in [1.29, 1.82) is 0 Å². The molecule has 0 aromatic heterocycles. The van der Waals surface area contributed by atoms with Gasteiger partial charge in [-0.05, 0) is 12.3 Å². The molecule has 2 N–H and O–H groups in total. The Balaban J connectivity index is 2.92. The van der Waals surface area contributed by atoms with Gasteiger partial charge in [-0.3, -0.25) is 0 Å². The lowest BCUT2D eigenvalue weighted by Crippen LogP contribution is -1.91. The first-order valence-corrected chi connectivity index (χ1v) is 6.10. The van der Waals surface area contributed by atoms with Crippen molar-refractivity contribution in [1.82, 2.24) is 0 Å². The minimum Gasteiger partial charge on any atom is -0.328 e. The maximum Gasteiger partial charge on any atom is 0.327 e. The number of hydrogen-bond acceptors (Lipinski definition) is 3. The van der Waals surface area contributed by atoms with Gasteiger partial charge in [-0.2, -0.15) is 0 Å². The van der Waals surface area contributed by atoms with Crippen molar-refractivity contribution in [3.05, 3.63) is 0 Å². The van der Waals surface area contributed by atoms with Crippen molar-refractivity contribution in [2.24, 2.45) is 5.92 Å². The van der Waals surface area contributed by atoms with E-state index in [1.165, 1.54) is 19.3 Å². The van der Waals surface area contributed by atoms with E-state index in [1.807, 2.05) is 0 Å². The van der Waals surface area contributed by atoms with E-state index in [1.54, 1.807) is 0 Å². The molecule has 0 saturated carbocycles. The van der Waals surface area contributed by atoms with Gasteiger partial charge in [0, 0.05) is 0 Å². The lowest BCUT2D eigenvalue weighted by Gasteiger charge is -2.05. The molecule has 4 heteroatoms. The summed E-state index contributed by atoms with van der Waals surface area (Å²) < 4.78 is 4.65. The Bertz CT molecular complexity index is 95.0. The van der Waals surface area contributed by atoms with Crippen molar-refractivity contribution < 1.29 is 14.3 Å². The van der Waals surface area contributed by atoms with Gasteiger partial charge in [-0.1, -0.05) is 39.5 Å². The molecule has 0 radical (unpaired) electrons. The molecule has 0 spiro atoms. The highest BCUT2D eigenvalue weighted by Gasteiger charge is 1.98. The zero-order chi connectivity index (χ0) is 10.1. The van der Waals surface area contributed by atoms with Crippen LogP contribution in [0.15, 0.2) is 0 Å². The Kier molecular flexibility index (Phi) is 9.10. The van der Waals surface area contributed by atoms with Crippen molar-refractivity contribution in [3.63, 3.8) is 0 Å². The lowest BCUT2D eigenvalue weighted by molar-refractivity contribution is 0.248. The highest BCUT2D eigenvalue weighted by atomic mass is 31.2. The van der Waals surface area contributed by atoms with Gasteiger partial charge < -0.3 is 14.3 Å². The average Bonchev–Trinajstić information content (AvgIpc) is 2.01. The first-order chi connectivity index (χ1) is 6.13. The molecule has 0 rings (SSSR count). The second kappa shape index (κ2) is 8.89. The van der Waals surface area contributed by atoms with E-state index in [4.69, 9.17) is 9.79 Å². The average molecular weight is 208 g/mol. The first kappa shape index (κ1) is 13.3. The lowest BCUT2D eigenvalue weighted by atomic mass is 10.0. The molecule has 0 amide bonds. The maximum atomic E-state index is 8.43. The van der Waals surface area contributed by atoms with Crippen LogP contribution >= 0.6 is 8.60 Å². The van der Waals surface area contributed by atoms with Crippen LogP contribution in [-0.2, 0) is 4.52 Å². The van der Waals surface area contributed by atoms with Crippen LogP contribution in [0.4, 0.5) is 0 Å². The largest absolute Gasteiger partial charge is 0.328 e. The smallest absolute Gasteiger partial charge is 0.327 e. The Morgan fingerprint density at radius 1 is 1.08 bits per heavy atom. The van der Waals surface area contributed by atoms with Gasteiger partial charge >= 0.3 is 8.60 Å². The van der Waals surface area contributed by atoms with Crippen LogP contribution in [0.3, 0.4) is 0 Å². The third-order valence-corrected chi connectivity index (χ3v) is 2.30. The van der Waals surface area contributed by atoms with Gasteiger partial charge in [0.1, 0.15) is 0 Å². The third kappa shape index (κ3) is 12.3. The number of hydrogen-bond donors (Lipinski definition) is 2. The molecule has 80 valence electrons. The van der Waals surface area contributed by atoms with E-state index >= 15 is 0 Å². The molecule has 0 atom stereocenters. The quantitative estimate of drug-likeness (QED) is 0.476. The minimum absolute atomic E-state index is 0.473. The molecule has 0 fully saturated rings. The Morgan fingerprint density at radius 2 is 1.69 bits per heavy atom. The predicted molar refractivity (Wildman–Crippen MR) is 55.2 cm³/mol. The molecule has 0 aliphatic heterocycles. The molecule has 0 bridgehead atoms. The normalized spacial score (nSPS) is 11.5. The van der Waals surface area contributed by atoms with Crippen molar-refractivity contribution in [3.8, 4) is 0 Å². The SMILES string of the molecule is CC(C)CCCCCCOP(O)O. The monoisotopic (exact) mass is 208 g/mol. The van der Waals surface area contributed by atoms with Crippen LogP contribution in [0.1, 0.15) is 46.0 Å². The Labute approximate surface area is 82.1 Å². The highest BCUT2D eigenvalue weighted by molar-refractivity contribution is 7.39. The van der Waals surface area contributed by atoms with E-state index < -0.39 is 8.60 Å². The molecule has 0 saturated heterocycles. The van der Waals surface area contributed by atoms with Gasteiger partial charge in [0.05, 0.1) is 6.61 Å². The third-order valence-electron chi connectivity index (χ3n) is 1.88. The van der Waals surface area contributed by atoms with Crippen LogP contribution in [0.5, 0.6) is 0 Å². The summed E-state index contributed by atoms with van der Waals surface area (Å²) >= 11 is 0. The van der Waals surface area contributed by atoms with Gasteiger partial charge in [0.15, 0.2) is 0 Å². The Hall–Kier alpha value is 0.310. The predicted octanol–water partition coefficient (Wildman–Crippen LogP) is 2.82. The molecular formula is C9H21O3P. The van der Waals surface area contributed by atoms with Crippen LogP contribution in [0.2, 0.25) is 0 Å². The zero-order valence-corrected chi connectivity index (χ0v) is 9.46. The Morgan fingerprint density at radius 3 is 2.23 bits per heavy atom. The molecule has 0 aliphatic rings. The van der Waals surface area contributed by atoms with E-state index in [2.05, 4.69) is 18.4 Å². The van der Waals surface area contributed by atoms with Crippen molar-refractivity contribution in [2.75, 3.05) is 6.61 Å². The first-order valence-electron chi connectivity index (χ1n) is 4.93. The molecular weight excluding hydrogens is 187 g/mol. The van der Waals surface area contributed by atoms with Gasteiger partial charge in [0.2, 0.25) is 0 Å². The fraction of sp³-hybridized carbons (Fsp3) is 1.00. The summed E-state index contributed by atoms with van der Waals surface area (Å²) in [6.07, 6.45) is 5.82. The van der Waals surface area contributed by atoms with Crippen molar-refractivity contribution in [2.45, 2.75) is 46.0 Å². The second-order valence-electron chi connectivity index (χ2n) is 3.68. The van der Waals surface area contributed by atoms with Gasteiger partial charge in [-0.25, -0.2) is 0 Å². The van der Waals surface area contributed by atoms with Crippen LogP contribution in [0.25, 0.3) is 0 Å². The van der Waals surface area contributed by atoms with Gasteiger partial charge in [-0.15, -0.1) is 0 Å². The van der Waals surface area contributed by atoms with E-state index in [0.717, 1.165) is 18.8 Å². The molecule has 0 aromatic rings. The summed E-state index contributed by atoms with van der Waals surface area (Å²) in [6.45, 7) is 4.93. The summed E-state index contributed by atoms with van der Waals surface area (Å²) in [7, 11) is -2.14. The van der Waals surface area contributed by atoms with Crippen molar-refractivity contribution >= 4 is 8.60 Å². The zero-order valence-electron chi connectivity index (χ0n) is 8.57. The van der Waals surface area contributed by atoms with Crippen LogP contribution in [0, 0.1) is 5.92 Å². The van der Waals surface area contributed by atoms with Crippen LogP contribution in [-0.4, -0.2) is 16.4 Å². The summed E-state index contributed by atoms with van der Waals surface area (Å²) in [5, 5.41) is 0. The molecule has 0 aromatic carbocycles. The molecule has 13 heavy (non-hydrogen) atoms. The number of rotatable bonds is 8. The fourth-order valence-electron chi connectivity index (χ4n) is 1.15. The molecule has 0 unspecified atom stereocenters. The summed E-state index contributed by atoms with van der Waals surface area (Å²) in [5.41, 5.74) is 0. The summed E-state index contributed by atoms with van der Waals surface area (Å²) in [4.78, 5) is 16.9. The second-order valence-corrected chi connectivity index (χ2v) is 4.45.